The second-order valence-electron chi connectivity index (χ2n) is 9.03. The Labute approximate surface area is 232 Å². The number of rotatable bonds is 4. The molecule has 1 aliphatic rings. The summed E-state index contributed by atoms with van der Waals surface area (Å²) in [4.78, 5) is 42.4. The van der Waals surface area contributed by atoms with Gasteiger partial charge in [-0.3, -0.25) is 13.9 Å². The van der Waals surface area contributed by atoms with Crippen LogP contribution in [-0.2, 0) is 18.4 Å². The number of carboxylic acid groups (broad SMARTS) is 1. The van der Waals surface area contributed by atoms with Crippen LogP contribution in [0.5, 0.6) is 0 Å². The van der Waals surface area contributed by atoms with Crippen molar-refractivity contribution in [3.63, 3.8) is 0 Å². The molecule has 0 spiro atoms. The molecular weight excluding hydrogens is 541 g/mol. The molecule has 1 fully saturated rings. The van der Waals surface area contributed by atoms with Crippen LogP contribution in [0.25, 0.3) is 28.0 Å². The number of alkyl halides is 3. The highest BCUT2D eigenvalue weighted by Gasteiger charge is 2.38. The Bertz CT molecular complexity index is 1720. The molecule has 2 aromatic heterocycles. The number of halogens is 3. The standard InChI is InChI=1S/C26H26N6O2.C2HF3O2/c1-3-4-16-31-22-23(28-25(31)30-17-14-27-15-18-30)32(26(34)29(2)24(22)33)21-12-10-20(11-13-21)19-8-6-5-7-9-19;3-2(4,5)1(6)7/h5-13,27H,14-18H2,1-2H3;(H,6,7). The van der Waals surface area contributed by atoms with Crippen molar-refractivity contribution in [3.05, 3.63) is 75.4 Å². The number of piperazine rings is 1. The van der Waals surface area contributed by atoms with Crippen LogP contribution < -0.4 is 21.5 Å². The Morgan fingerprint density at radius 3 is 2.17 bits per heavy atom. The van der Waals surface area contributed by atoms with Gasteiger partial charge in [0.15, 0.2) is 11.2 Å². The van der Waals surface area contributed by atoms with E-state index in [2.05, 4.69) is 22.1 Å². The number of nitrogens with one attached hydrogen (secondary N) is 1. The predicted octanol–water partition coefficient (Wildman–Crippen LogP) is 2.62. The number of aromatic nitrogens is 4. The van der Waals surface area contributed by atoms with Gasteiger partial charge in [-0.25, -0.2) is 14.2 Å². The second-order valence-corrected chi connectivity index (χ2v) is 9.03. The van der Waals surface area contributed by atoms with Gasteiger partial charge in [0.05, 0.1) is 12.2 Å². The predicted molar refractivity (Wildman–Crippen MR) is 148 cm³/mol. The van der Waals surface area contributed by atoms with Crippen LogP contribution in [-0.4, -0.2) is 62.1 Å². The van der Waals surface area contributed by atoms with Crippen molar-refractivity contribution in [2.24, 2.45) is 7.05 Å². The summed E-state index contributed by atoms with van der Waals surface area (Å²) in [6.07, 6.45) is -5.08. The lowest BCUT2D eigenvalue weighted by Crippen LogP contribution is -2.44. The van der Waals surface area contributed by atoms with E-state index >= 15 is 0 Å². The molecule has 2 N–H and O–H groups in total. The van der Waals surface area contributed by atoms with Crippen molar-refractivity contribution in [2.45, 2.75) is 19.6 Å². The minimum Gasteiger partial charge on any atom is -0.475 e. The van der Waals surface area contributed by atoms with Gasteiger partial charge in [0.25, 0.3) is 5.56 Å². The SMILES string of the molecule is CC#CCn1c(N2CCNCC2)nc2c1c(=O)n(C)c(=O)n2-c1ccc(-c2ccccc2)cc1.O=C(O)C(F)(F)F. The number of nitrogens with zero attached hydrogens (tertiary/aromatic N) is 5. The van der Waals surface area contributed by atoms with Crippen molar-refractivity contribution in [3.8, 4) is 28.7 Å². The van der Waals surface area contributed by atoms with Crippen molar-refractivity contribution in [1.29, 1.82) is 0 Å². The Morgan fingerprint density at radius 1 is 1.02 bits per heavy atom. The van der Waals surface area contributed by atoms with Crippen molar-refractivity contribution >= 4 is 23.1 Å². The van der Waals surface area contributed by atoms with E-state index in [4.69, 9.17) is 14.9 Å². The van der Waals surface area contributed by atoms with Crippen LogP contribution in [0.15, 0.2) is 64.2 Å². The van der Waals surface area contributed by atoms with Gasteiger partial charge >= 0.3 is 17.8 Å². The molecule has 0 aliphatic carbocycles. The van der Waals surface area contributed by atoms with E-state index in [0.717, 1.165) is 41.9 Å². The smallest absolute Gasteiger partial charge is 0.475 e. The van der Waals surface area contributed by atoms with Crippen LogP contribution in [0.4, 0.5) is 19.1 Å². The van der Waals surface area contributed by atoms with Gasteiger partial charge < -0.3 is 15.3 Å². The topological polar surface area (TPSA) is 114 Å². The lowest BCUT2D eigenvalue weighted by atomic mass is 10.1. The molecule has 0 radical (unpaired) electrons. The average Bonchev–Trinajstić information content (AvgIpc) is 3.35. The molecule has 5 rings (SSSR count). The third-order valence-electron chi connectivity index (χ3n) is 6.42. The average molecular weight is 569 g/mol. The maximum atomic E-state index is 13.3. The summed E-state index contributed by atoms with van der Waals surface area (Å²) in [7, 11) is 1.51. The third kappa shape index (κ3) is 6.17. The van der Waals surface area contributed by atoms with Gasteiger partial charge in [-0.1, -0.05) is 48.4 Å². The summed E-state index contributed by atoms with van der Waals surface area (Å²) in [5.74, 6) is 3.88. The lowest BCUT2D eigenvalue weighted by Gasteiger charge is -2.28. The quantitative estimate of drug-likeness (QED) is 0.364. The first-order chi connectivity index (χ1) is 19.5. The van der Waals surface area contributed by atoms with Gasteiger partial charge in [-0.15, -0.1) is 5.92 Å². The molecule has 1 saturated heterocycles. The Balaban J connectivity index is 0.000000493. The molecule has 0 saturated carbocycles. The molecule has 0 amide bonds. The molecule has 0 unspecified atom stereocenters. The van der Waals surface area contributed by atoms with Crippen molar-refractivity contribution in [2.75, 3.05) is 31.1 Å². The molecular formula is C28H27F3N6O4. The summed E-state index contributed by atoms with van der Waals surface area (Å²) in [6.45, 7) is 5.28. The van der Waals surface area contributed by atoms with E-state index in [0.29, 0.717) is 29.3 Å². The molecule has 4 aromatic rings. The minimum absolute atomic E-state index is 0.326. The van der Waals surface area contributed by atoms with E-state index in [1.54, 1.807) is 6.92 Å². The van der Waals surface area contributed by atoms with Crippen molar-refractivity contribution < 1.29 is 23.1 Å². The zero-order valence-corrected chi connectivity index (χ0v) is 22.3. The maximum absolute atomic E-state index is 13.3. The number of hydrogen-bond donors (Lipinski definition) is 2. The number of imidazole rings is 1. The van der Waals surface area contributed by atoms with Crippen LogP contribution >= 0.6 is 0 Å². The summed E-state index contributed by atoms with van der Waals surface area (Å²) < 4.78 is 36.2. The van der Waals surface area contributed by atoms with Crippen LogP contribution in [0, 0.1) is 11.8 Å². The second kappa shape index (κ2) is 12.1. The Hall–Kier alpha value is -4.83. The Morgan fingerprint density at radius 2 is 1.61 bits per heavy atom. The minimum atomic E-state index is -5.08. The van der Waals surface area contributed by atoms with E-state index < -0.39 is 17.8 Å². The zero-order chi connectivity index (χ0) is 29.7. The number of carboxylic acids is 1. The fourth-order valence-corrected chi connectivity index (χ4v) is 4.36. The highest BCUT2D eigenvalue weighted by Crippen LogP contribution is 2.24. The highest BCUT2D eigenvalue weighted by molar-refractivity contribution is 5.77. The number of anilines is 1. The molecule has 41 heavy (non-hydrogen) atoms. The summed E-state index contributed by atoms with van der Waals surface area (Å²) in [6, 6.07) is 17.8. The number of carbonyl (C=O) groups is 1. The maximum Gasteiger partial charge on any atom is 0.490 e. The summed E-state index contributed by atoms with van der Waals surface area (Å²) in [5.41, 5.74) is 2.73. The normalized spacial score (nSPS) is 13.2. The van der Waals surface area contributed by atoms with E-state index in [-0.39, 0.29) is 5.56 Å². The fourth-order valence-electron chi connectivity index (χ4n) is 4.36. The number of benzene rings is 2. The summed E-state index contributed by atoms with van der Waals surface area (Å²) in [5, 5.41) is 10.5. The zero-order valence-electron chi connectivity index (χ0n) is 22.3. The first kappa shape index (κ1) is 29.2. The van der Waals surface area contributed by atoms with Crippen LogP contribution in [0.1, 0.15) is 6.92 Å². The number of fused-ring (bicyclic) bond motifs is 1. The molecule has 0 bridgehead atoms. The van der Waals surface area contributed by atoms with Crippen LogP contribution in [0.3, 0.4) is 0 Å². The monoisotopic (exact) mass is 568 g/mol. The number of hydrogen-bond acceptors (Lipinski definition) is 6. The van der Waals surface area contributed by atoms with Gasteiger partial charge in [0.2, 0.25) is 5.95 Å². The number of aliphatic carboxylic acids is 1. The molecule has 1 aliphatic heterocycles. The highest BCUT2D eigenvalue weighted by atomic mass is 19.4. The van der Waals surface area contributed by atoms with Gasteiger partial charge in [0.1, 0.15) is 0 Å². The van der Waals surface area contributed by atoms with Crippen molar-refractivity contribution in [1.82, 2.24) is 24.0 Å². The largest absolute Gasteiger partial charge is 0.490 e. The van der Waals surface area contributed by atoms with E-state index in [1.807, 2.05) is 59.2 Å². The third-order valence-corrected chi connectivity index (χ3v) is 6.42. The lowest BCUT2D eigenvalue weighted by molar-refractivity contribution is -0.192. The first-order valence-electron chi connectivity index (χ1n) is 12.6. The van der Waals surface area contributed by atoms with E-state index in [9.17, 15) is 22.8 Å². The molecule has 13 heteroatoms. The molecule has 3 heterocycles. The van der Waals surface area contributed by atoms with Gasteiger partial charge in [0, 0.05) is 33.2 Å². The molecule has 2 aromatic carbocycles. The molecule has 214 valence electrons. The van der Waals surface area contributed by atoms with Crippen LogP contribution in [0.2, 0.25) is 0 Å². The first-order valence-corrected chi connectivity index (χ1v) is 12.6. The summed E-state index contributed by atoms with van der Waals surface area (Å²) >= 11 is 0. The van der Waals surface area contributed by atoms with E-state index in [1.165, 1.54) is 11.6 Å². The Kier molecular flexibility index (Phi) is 8.63. The molecule has 0 atom stereocenters. The van der Waals surface area contributed by atoms with Gasteiger partial charge in [-0.2, -0.15) is 18.2 Å². The van der Waals surface area contributed by atoms with Gasteiger partial charge in [-0.05, 0) is 30.2 Å². The fraction of sp³-hybridized carbons (Fsp3) is 0.286. The molecule has 10 nitrogen and oxygen atoms in total.